The van der Waals surface area contributed by atoms with Gasteiger partial charge in [-0.3, -0.25) is 0 Å². The zero-order valence-corrected chi connectivity index (χ0v) is 14.1. The summed E-state index contributed by atoms with van der Waals surface area (Å²) >= 11 is 3.55. The summed E-state index contributed by atoms with van der Waals surface area (Å²) < 4.78 is 0.920. The van der Waals surface area contributed by atoms with Gasteiger partial charge in [0.25, 0.3) is 0 Å². The van der Waals surface area contributed by atoms with Gasteiger partial charge in [0.1, 0.15) is 16.2 Å². The number of rotatable bonds is 3. The highest BCUT2D eigenvalue weighted by Crippen LogP contribution is 2.37. The van der Waals surface area contributed by atoms with Crippen molar-refractivity contribution < 1.29 is 0 Å². The third kappa shape index (κ3) is 2.85. The van der Waals surface area contributed by atoms with Gasteiger partial charge >= 0.3 is 0 Å². The predicted octanol–water partition coefficient (Wildman–Crippen LogP) is 4.52. The van der Waals surface area contributed by atoms with Crippen molar-refractivity contribution >= 4 is 21.7 Å². The molecule has 1 aliphatic carbocycles. The smallest absolute Gasteiger partial charge is 0.134 e. The van der Waals surface area contributed by atoms with E-state index in [9.17, 15) is 0 Å². The average Bonchev–Trinajstić information content (AvgIpc) is 3.08. The van der Waals surface area contributed by atoms with Gasteiger partial charge in [-0.2, -0.15) is 0 Å². The molecule has 3 nitrogen and oxygen atoms in total. The van der Waals surface area contributed by atoms with E-state index < -0.39 is 0 Å². The van der Waals surface area contributed by atoms with Crippen molar-refractivity contribution in [2.45, 2.75) is 64.3 Å². The maximum Gasteiger partial charge on any atom is 0.134 e. The summed E-state index contributed by atoms with van der Waals surface area (Å²) in [7, 11) is 0. The van der Waals surface area contributed by atoms with E-state index in [2.05, 4.69) is 45.7 Å². The SMILES string of the molecule is CC(C)c1nc(Br)cc(N2CCCC2C2CCCC2)n1. The molecular formula is C16H24BrN3. The van der Waals surface area contributed by atoms with Gasteiger partial charge in [-0.1, -0.05) is 26.7 Å². The van der Waals surface area contributed by atoms with E-state index in [-0.39, 0.29) is 0 Å². The third-order valence-corrected chi connectivity index (χ3v) is 5.16. The van der Waals surface area contributed by atoms with E-state index in [1.165, 1.54) is 38.5 Å². The Kier molecular flexibility index (Phi) is 4.29. The van der Waals surface area contributed by atoms with Crippen LogP contribution < -0.4 is 4.90 Å². The van der Waals surface area contributed by atoms with Crippen LogP contribution >= 0.6 is 15.9 Å². The zero-order chi connectivity index (χ0) is 14.1. The van der Waals surface area contributed by atoms with E-state index in [0.717, 1.165) is 28.7 Å². The molecule has 3 rings (SSSR count). The Hall–Kier alpha value is -0.640. The summed E-state index contributed by atoms with van der Waals surface area (Å²) in [6.07, 6.45) is 8.29. The molecule has 1 atom stereocenters. The molecular weight excluding hydrogens is 314 g/mol. The summed E-state index contributed by atoms with van der Waals surface area (Å²) in [6, 6.07) is 2.80. The molecule has 1 saturated carbocycles. The van der Waals surface area contributed by atoms with Gasteiger partial charge in [-0.25, -0.2) is 9.97 Å². The van der Waals surface area contributed by atoms with Crippen LogP contribution in [0.1, 0.15) is 64.1 Å². The van der Waals surface area contributed by atoms with Crippen molar-refractivity contribution in [2.75, 3.05) is 11.4 Å². The molecule has 20 heavy (non-hydrogen) atoms. The standard InChI is InChI=1S/C16H24BrN3/c1-11(2)16-18-14(17)10-15(19-16)20-9-5-8-13(20)12-6-3-4-7-12/h10-13H,3-9H2,1-2H3. The summed E-state index contributed by atoms with van der Waals surface area (Å²) in [5, 5.41) is 0. The molecule has 1 aliphatic heterocycles. The van der Waals surface area contributed by atoms with E-state index in [1.54, 1.807) is 0 Å². The number of hydrogen-bond acceptors (Lipinski definition) is 3. The highest BCUT2D eigenvalue weighted by molar-refractivity contribution is 9.10. The van der Waals surface area contributed by atoms with Gasteiger partial charge in [-0.05, 0) is 47.5 Å². The predicted molar refractivity (Wildman–Crippen MR) is 86.1 cm³/mol. The lowest BCUT2D eigenvalue weighted by Gasteiger charge is -2.30. The van der Waals surface area contributed by atoms with Crippen molar-refractivity contribution in [3.8, 4) is 0 Å². The first kappa shape index (κ1) is 14.3. The Morgan fingerprint density at radius 2 is 1.90 bits per heavy atom. The van der Waals surface area contributed by atoms with Crippen molar-refractivity contribution in [1.82, 2.24) is 9.97 Å². The van der Waals surface area contributed by atoms with Gasteiger partial charge in [0.2, 0.25) is 0 Å². The van der Waals surface area contributed by atoms with Gasteiger partial charge in [-0.15, -0.1) is 0 Å². The topological polar surface area (TPSA) is 29.0 Å². The molecule has 0 bridgehead atoms. The highest BCUT2D eigenvalue weighted by atomic mass is 79.9. The number of anilines is 1. The fraction of sp³-hybridized carbons (Fsp3) is 0.750. The number of hydrogen-bond donors (Lipinski definition) is 0. The summed E-state index contributed by atoms with van der Waals surface area (Å²) in [6.45, 7) is 5.47. The minimum Gasteiger partial charge on any atom is -0.353 e. The molecule has 2 aliphatic rings. The molecule has 1 saturated heterocycles. The lowest BCUT2D eigenvalue weighted by Crippen LogP contribution is -2.35. The molecule has 2 fully saturated rings. The maximum absolute atomic E-state index is 4.82. The Labute approximate surface area is 130 Å². The van der Waals surface area contributed by atoms with E-state index in [0.29, 0.717) is 12.0 Å². The van der Waals surface area contributed by atoms with Crippen LogP contribution in [0.2, 0.25) is 0 Å². The van der Waals surface area contributed by atoms with Crippen LogP contribution in [0, 0.1) is 5.92 Å². The normalized spacial score (nSPS) is 24.0. The molecule has 2 heterocycles. The van der Waals surface area contributed by atoms with E-state index >= 15 is 0 Å². The molecule has 0 amide bonds. The largest absolute Gasteiger partial charge is 0.353 e. The van der Waals surface area contributed by atoms with Crippen LogP contribution in [0.25, 0.3) is 0 Å². The highest BCUT2D eigenvalue weighted by Gasteiger charge is 2.34. The average molecular weight is 338 g/mol. The van der Waals surface area contributed by atoms with Crippen molar-refractivity contribution in [3.05, 3.63) is 16.5 Å². The van der Waals surface area contributed by atoms with Crippen molar-refractivity contribution in [3.63, 3.8) is 0 Å². The summed E-state index contributed by atoms with van der Waals surface area (Å²) in [4.78, 5) is 11.9. The Bertz CT molecular complexity index is 469. The molecule has 1 unspecified atom stereocenters. The Balaban J connectivity index is 1.87. The second kappa shape index (κ2) is 6.00. The lowest BCUT2D eigenvalue weighted by atomic mass is 9.96. The first-order chi connectivity index (χ1) is 9.65. The second-order valence-corrected chi connectivity index (χ2v) is 7.32. The Morgan fingerprint density at radius 3 is 2.60 bits per heavy atom. The molecule has 0 aromatic carbocycles. The number of nitrogens with zero attached hydrogens (tertiary/aromatic N) is 3. The van der Waals surface area contributed by atoms with Gasteiger partial charge in [0, 0.05) is 24.6 Å². The van der Waals surface area contributed by atoms with E-state index in [1.807, 2.05) is 0 Å². The Morgan fingerprint density at radius 1 is 1.15 bits per heavy atom. The molecule has 1 aromatic rings. The molecule has 4 heteroatoms. The minimum absolute atomic E-state index is 0.374. The molecule has 0 N–H and O–H groups in total. The van der Waals surface area contributed by atoms with Crippen LogP contribution in [0.15, 0.2) is 10.7 Å². The molecule has 0 radical (unpaired) electrons. The monoisotopic (exact) mass is 337 g/mol. The van der Waals surface area contributed by atoms with Crippen LogP contribution in [-0.4, -0.2) is 22.6 Å². The zero-order valence-electron chi connectivity index (χ0n) is 12.5. The second-order valence-electron chi connectivity index (χ2n) is 6.51. The fourth-order valence-electron chi connectivity index (χ4n) is 3.74. The first-order valence-corrected chi connectivity index (χ1v) is 8.75. The van der Waals surface area contributed by atoms with Gasteiger partial charge in [0.05, 0.1) is 0 Å². The van der Waals surface area contributed by atoms with Gasteiger partial charge in [0.15, 0.2) is 0 Å². The number of halogens is 1. The molecule has 110 valence electrons. The fourth-order valence-corrected chi connectivity index (χ4v) is 4.12. The van der Waals surface area contributed by atoms with Crippen molar-refractivity contribution in [1.29, 1.82) is 0 Å². The van der Waals surface area contributed by atoms with Crippen LogP contribution in [-0.2, 0) is 0 Å². The molecule has 1 aromatic heterocycles. The molecule has 0 spiro atoms. The lowest BCUT2D eigenvalue weighted by molar-refractivity contribution is 0.428. The summed E-state index contributed by atoms with van der Waals surface area (Å²) in [5.74, 6) is 3.34. The van der Waals surface area contributed by atoms with Gasteiger partial charge < -0.3 is 4.90 Å². The van der Waals surface area contributed by atoms with Crippen LogP contribution in [0.3, 0.4) is 0 Å². The van der Waals surface area contributed by atoms with E-state index in [4.69, 9.17) is 4.98 Å². The minimum atomic E-state index is 0.374. The van der Waals surface area contributed by atoms with Crippen LogP contribution in [0.5, 0.6) is 0 Å². The maximum atomic E-state index is 4.82. The van der Waals surface area contributed by atoms with Crippen LogP contribution in [0.4, 0.5) is 5.82 Å². The van der Waals surface area contributed by atoms with Crippen molar-refractivity contribution in [2.24, 2.45) is 5.92 Å². The number of aromatic nitrogens is 2. The summed E-state index contributed by atoms with van der Waals surface area (Å²) in [5.41, 5.74) is 0. The first-order valence-electron chi connectivity index (χ1n) is 7.96. The third-order valence-electron chi connectivity index (χ3n) is 4.75. The quantitative estimate of drug-likeness (QED) is 0.759.